The van der Waals surface area contributed by atoms with Crippen molar-refractivity contribution in [2.45, 2.75) is 32.9 Å². The van der Waals surface area contributed by atoms with Gasteiger partial charge in [0.25, 0.3) is 5.91 Å². The number of nitrogens with one attached hydrogen (secondary N) is 2. The molecule has 2 aromatic rings. The summed E-state index contributed by atoms with van der Waals surface area (Å²) < 4.78 is 12.9. The third-order valence-corrected chi connectivity index (χ3v) is 3.82. The van der Waals surface area contributed by atoms with Gasteiger partial charge in [0, 0.05) is 17.8 Å². The Bertz CT molecular complexity index is 766. The van der Waals surface area contributed by atoms with Crippen LogP contribution in [0, 0.1) is 11.7 Å². The number of carbonyl (C=O) groups excluding carboxylic acids is 2. The van der Waals surface area contributed by atoms with Gasteiger partial charge in [-0.05, 0) is 54.3 Å². The molecule has 27 heavy (non-hydrogen) atoms. The molecule has 2 rings (SSSR count). The van der Waals surface area contributed by atoms with E-state index in [2.05, 4.69) is 10.6 Å². The van der Waals surface area contributed by atoms with Gasteiger partial charge in [0.15, 0.2) is 0 Å². The van der Waals surface area contributed by atoms with E-state index in [1.807, 2.05) is 19.9 Å². The number of hydrogen-bond acceptors (Lipinski definition) is 3. The van der Waals surface area contributed by atoms with Gasteiger partial charge >= 0.3 is 0 Å². The van der Waals surface area contributed by atoms with Crippen molar-refractivity contribution in [3.05, 3.63) is 65.5 Å². The van der Waals surface area contributed by atoms with E-state index in [1.54, 1.807) is 18.2 Å². The molecule has 4 N–H and O–H groups in total. The molecule has 1 atom stereocenters. The Morgan fingerprint density at radius 2 is 1.78 bits per heavy atom. The highest BCUT2D eigenvalue weighted by Gasteiger charge is 2.14. The summed E-state index contributed by atoms with van der Waals surface area (Å²) in [6, 6.07) is 11.9. The molecule has 0 unspecified atom stereocenters. The predicted molar refractivity (Wildman–Crippen MR) is 107 cm³/mol. The van der Waals surface area contributed by atoms with Crippen LogP contribution in [0.4, 0.5) is 10.1 Å². The second-order valence-corrected chi connectivity index (χ2v) is 6.62. The SMILES string of the molecule is CC(C)C[C@H](N)C(=O)NCc1cccc(NC(=O)c2ccc(F)cc2)c1.Cl. The van der Waals surface area contributed by atoms with E-state index >= 15 is 0 Å². The molecule has 0 radical (unpaired) electrons. The molecule has 0 aliphatic carbocycles. The Kier molecular flexibility index (Phi) is 8.91. The van der Waals surface area contributed by atoms with E-state index in [-0.39, 0.29) is 24.2 Å². The van der Waals surface area contributed by atoms with E-state index < -0.39 is 11.9 Å². The minimum Gasteiger partial charge on any atom is -0.351 e. The van der Waals surface area contributed by atoms with Gasteiger partial charge in [0.2, 0.25) is 5.91 Å². The molecule has 0 spiro atoms. The van der Waals surface area contributed by atoms with Gasteiger partial charge in [-0.2, -0.15) is 0 Å². The van der Waals surface area contributed by atoms with E-state index in [0.717, 1.165) is 5.56 Å². The summed E-state index contributed by atoms with van der Waals surface area (Å²) in [6.45, 7) is 4.35. The molecule has 0 saturated heterocycles. The lowest BCUT2D eigenvalue weighted by atomic mass is 10.0. The first-order valence-corrected chi connectivity index (χ1v) is 8.54. The van der Waals surface area contributed by atoms with Crippen molar-refractivity contribution in [3.63, 3.8) is 0 Å². The van der Waals surface area contributed by atoms with Crippen LogP contribution in [0.5, 0.6) is 0 Å². The summed E-state index contributed by atoms with van der Waals surface area (Å²) in [5, 5.41) is 5.56. The fourth-order valence-electron chi connectivity index (χ4n) is 2.50. The van der Waals surface area contributed by atoms with Crippen molar-refractivity contribution in [2.24, 2.45) is 11.7 Å². The van der Waals surface area contributed by atoms with Crippen LogP contribution in [0.2, 0.25) is 0 Å². The number of benzene rings is 2. The summed E-state index contributed by atoms with van der Waals surface area (Å²) in [5.74, 6) is -0.569. The first-order valence-electron chi connectivity index (χ1n) is 8.54. The monoisotopic (exact) mass is 393 g/mol. The average molecular weight is 394 g/mol. The Labute approximate surface area is 164 Å². The first kappa shape index (κ1) is 22.6. The van der Waals surface area contributed by atoms with Crippen molar-refractivity contribution in [1.82, 2.24) is 5.32 Å². The van der Waals surface area contributed by atoms with Gasteiger partial charge in [-0.25, -0.2) is 4.39 Å². The van der Waals surface area contributed by atoms with E-state index in [4.69, 9.17) is 5.73 Å². The number of carbonyl (C=O) groups is 2. The van der Waals surface area contributed by atoms with E-state index in [0.29, 0.717) is 30.1 Å². The van der Waals surface area contributed by atoms with Crippen LogP contribution in [-0.4, -0.2) is 17.9 Å². The van der Waals surface area contributed by atoms with Crippen molar-refractivity contribution in [2.75, 3.05) is 5.32 Å². The quantitative estimate of drug-likeness (QED) is 0.673. The molecule has 5 nitrogen and oxygen atoms in total. The zero-order chi connectivity index (χ0) is 19.1. The number of halogens is 2. The van der Waals surface area contributed by atoms with Gasteiger partial charge in [0.05, 0.1) is 6.04 Å². The van der Waals surface area contributed by atoms with Crippen LogP contribution in [-0.2, 0) is 11.3 Å². The minimum absolute atomic E-state index is 0. The maximum absolute atomic E-state index is 12.9. The fraction of sp³-hybridized carbons (Fsp3) is 0.300. The van der Waals surface area contributed by atoms with Crippen LogP contribution < -0.4 is 16.4 Å². The van der Waals surface area contributed by atoms with Crippen molar-refractivity contribution < 1.29 is 14.0 Å². The Morgan fingerprint density at radius 3 is 2.41 bits per heavy atom. The molecule has 0 heterocycles. The standard InChI is InChI=1S/C20H24FN3O2.ClH/c1-13(2)10-18(22)20(26)23-12-14-4-3-5-17(11-14)24-19(25)15-6-8-16(21)9-7-15;/h3-9,11,13,18H,10,12,22H2,1-2H3,(H,23,26)(H,24,25);1H/t18-;/m0./s1. The molecule has 0 aliphatic heterocycles. The van der Waals surface area contributed by atoms with Crippen LogP contribution >= 0.6 is 12.4 Å². The molecule has 146 valence electrons. The smallest absolute Gasteiger partial charge is 0.255 e. The van der Waals surface area contributed by atoms with Crippen LogP contribution in [0.15, 0.2) is 48.5 Å². The van der Waals surface area contributed by atoms with Gasteiger partial charge < -0.3 is 16.4 Å². The van der Waals surface area contributed by atoms with Crippen molar-refractivity contribution in [3.8, 4) is 0 Å². The normalized spacial score (nSPS) is 11.4. The number of rotatable bonds is 7. The first-order chi connectivity index (χ1) is 12.3. The van der Waals surface area contributed by atoms with Crippen molar-refractivity contribution in [1.29, 1.82) is 0 Å². The Balaban J connectivity index is 0.00000364. The molecule has 7 heteroatoms. The topological polar surface area (TPSA) is 84.2 Å². The summed E-state index contributed by atoms with van der Waals surface area (Å²) in [4.78, 5) is 24.2. The van der Waals surface area contributed by atoms with Gasteiger partial charge in [-0.15, -0.1) is 12.4 Å². The molecule has 2 amide bonds. The van der Waals surface area contributed by atoms with E-state index in [9.17, 15) is 14.0 Å². The molecular formula is C20H25ClFN3O2. The maximum Gasteiger partial charge on any atom is 0.255 e. The zero-order valence-corrected chi connectivity index (χ0v) is 16.2. The van der Waals surface area contributed by atoms with Crippen LogP contribution in [0.3, 0.4) is 0 Å². The van der Waals surface area contributed by atoms with Crippen LogP contribution in [0.1, 0.15) is 36.2 Å². The maximum atomic E-state index is 12.9. The third kappa shape index (κ3) is 7.37. The molecule has 0 saturated carbocycles. The Hall–Kier alpha value is -2.44. The third-order valence-electron chi connectivity index (χ3n) is 3.82. The van der Waals surface area contributed by atoms with Crippen molar-refractivity contribution >= 4 is 29.9 Å². The second-order valence-electron chi connectivity index (χ2n) is 6.62. The highest BCUT2D eigenvalue weighted by atomic mass is 35.5. The zero-order valence-electron chi connectivity index (χ0n) is 15.4. The van der Waals surface area contributed by atoms with E-state index in [1.165, 1.54) is 24.3 Å². The van der Waals surface area contributed by atoms with Crippen LogP contribution in [0.25, 0.3) is 0 Å². The molecule has 0 fully saturated rings. The Morgan fingerprint density at radius 1 is 1.11 bits per heavy atom. The molecule has 0 aliphatic rings. The number of amides is 2. The summed E-state index contributed by atoms with van der Waals surface area (Å²) >= 11 is 0. The lowest BCUT2D eigenvalue weighted by Gasteiger charge is -2.14. The molecule has 2 aromatic carbocycles. The van der Waals surface area contributed by atoms with Gasteiger partial charge in [-0.3, -0.25) is 9.59 Å². The lowest BCUT2D eigenvalue weighted by molar-refractivity contribution is -0.122. The number of nitrogens with two attached hydrogens (primary N) is 1. The largest absolute Gasteiger partial charge is 0.351 e. The number of anilines is 1. The molecule has 0 bridgehead atoms. The van der Waals surface area contributed by atoms with Gasteiger partial charge in [-0.1, -0.05) is 26.0 Å². The van der Waals surface area contributed by atoms with Gasteiger partial charge in [0.1, 0.15) is 5.82 Å². The fourth-order valence-corrected chi connectivity index (χ4v) is 2.50. The molecular weight excluding hydrogens is 369 g/mol. The predicted octanol–water partition coefficient (Wildman–Crippen LogP) is 3.49. The summed E-state index contributed by atoms with van der Waals surface area (Å²) in [6.07, 6.45) is 0.625. The molecule has 0 aromatic heterocycles. The highest BCUT2D eigenvalue weighted by molar-refractivity contribution is 6.04. The minimum atomic E-state index is -0.531. The second kappa shape index (κ2) is 10.6. The average Bonchev–Trinajstić information content (AvgIpc) is 2.60. The summed E-state index contributed by atoms with van der Waals surface area (Å²) in [7, 11) is 0. The summed E-state index contributed by atoms with van der Waals surface area (Å²) in [5.41, 5.74) is 7.66. The lowest BCUT2D eigenvalue weighted by Crippen LogP contribution is -2.41. The number of hydrogen-bond donors (Lipinski definition) is 3. The highest BCUT2D eigenvalue weighted by Crippen LogP contribution is 2.13.